The van der Waals surface area contributed by atoms with Crippen molar-refractivity contribution in [1.82, 2.24) is 0 Å². The van der Waals surface area contributed by atoms with Gasteiger partial charge >= 0.3 is 0 Å². The molecule has 0 aromatic heterocycles. The maximum absolute atomic E-state index is 11.9. The highest BCUT2D eigenvalue weighted by Crippen LogP contribution is 2.31. The smallest absolute Gasteiger partial charge is 0.228 e. The van der Waals surface area contributed by atoms with E-state index in [0.717, 1.165) is 5.69 Å². The summed E-state index contributed by atoms with van der Waals surface area (Å²) >= 11 is 0. The third-order valence-corrected chi connectivity index (χ3v) is 2.65. The number of carbonyl (C=O) groups is 1. The molecule has 0 aliphatic heterocycles. The van der Waals surface area contributed by atoms with Gasteiger partial charge in [0.1, 0.15) is 0 Å². The molecule has 0 aliphatic carbocycles. The molecule has 1 aromatic rings. The minimum atomic E-state index is 0.00669. The van der Waals surface area contributed by atoms with E-state index in [-0.39, 0.29) is 5.91 Å². The molecule has 0 heterocycles. The number of anilines is 1. The van der Waals surface area contributed by atoms with Crippen LogP contribution in [0.4, 0.5) is 5.69 Å². The lowest BCUT2D eigenvalue weighted by Crippen LogP contribution is -2.32. The molecule has 0 unspecified atom stereocenters. The van der Waals surface area contributed by atoms with E-state index in [1.807, 2.05) is 13.0 Å². The summed E-state index contributed by atoms with van der Waals surface area (Å²) in [5.74, 6) is 1.25. The lowest BCUT2D eigenvalue weighted by Gasteiger charge is -2.22. The lowest BCUT2D eigenvalue weighted by molar-refractivity contribution is -0.118. The zero-order valence-electron chi connectivity index (χ0n) is 11.1. The van der Waals surface area contributed by atoms with Crippen molar-refractivity contribution in [3.63, 3.8) is 0 Å². The van der Waals surface area contributed by atoms with Crippen LogP contribution in [0.25, 0.3) is 0 Å². The Bertz CT molecular complexity index is 407. The van der Waals surface area contributed by atoms with Gasteiger partial charge in [-0.2, -0.15) is 0 Å². The molecule has 0 radical (unpaired) electrons. The van der Waals surface area contributed by atoms with Crippen LogP contribution in [0, 0.1) is 0 Å². The van der Waals surface area contributed by atoms with Crippen LogP contribution >= 0.6 is 0 Å². The number of methoxy groups -OCH3 is 2. The summed E-state index contributed by atoms with van der Waals surface area (Å²) in [7, 11) is 3.15. The van der Waals surface area contributed by atoms with E-state index in [4.69, 9.17) is 15.2 Å². The van der Waals surface area contributed by atoms with E-state index in [1.54, 1.807) is 31.3 Å². The van der Waals surface area contributed by atoms with E-state index in [1.165, 1.54) is 0 Å². The number of ether oxygens (including phenoxy) is 2. The van der Waals surface area contributed by atoms with Crippen molar-refractivity contribution in [3.8, 4) is 11.5 Å². The molecule has 1 rings (SSSR count). The number of amides is 1. The molecular formula is C13H20N2O3. The summed E-state index contributed by atoms with van der Waals surface area (Å²) < 4.78 is 10.4. The predicted molar refractivity (Wildman–Crippen MR) is 71.2 cm³/mol. The molecule has 100 valence electrons. The van der Waals surface area contributed by atoms with Crippen molar-refractivity contribution in [3.05, 3.63) is 18.2 Å². The van der Waals surface area contributed by atoms with Gasteiger partial charge in [-0.3, -0.25) is 4.79 Å². The fraction of sp³-hybridized carbons (Fsp3) is 0.462. The molecular weight excluding hydrogens is 232 g/mol. The van der Waals surface area contributed by atoms with Crippen molar-refractivity contribution in [2.75, 3.05) is 32.2 Å². The minimum Gasteiger partial charge on any atom is -0.493 e. The summed E-state index contributed by atoms with van der Waals surface area (Å²) in [5, 5.41) is 0. The number of hydrogen-bond acceptors (Lipinski definition) is 4. The average molecular weight is 252 g/mol. The van der Waals surface area contributed by atoms with Gasteiger partial charge in [0.15, 0.2) is 11.5 Å². The molecule has 2 N–H and O–H groups in total. The zero-order valence-corrected chi connectivity index (χ0v) is 11.1. The van der Waals surface area contributed by atoms with Crippen LogP contribution in [0.5, 0.6) is 11.5 Å². The second-order valence-electron chi connectivity index (χ2n) is 3.72. The van der Waals surface area contributed by atoms with Gasteiger partial charge < -0.3 is 20.1 Å². The SMILES string of the molecule is CCN(C(=O)CCN)c1ccc(OC)c(OC)c1. The fourth-order valence-corrected chi connectivity index (χ4v) is 1.75. The van der Waals surface area contributed by atoms with Crippen molar-refractivity contribution in [2.45, 2.75) is 13.3 Å². The molecule has 0 atom stereocenters. The first-order valence-electron chi connectivity index (χ1n) is 5.90. The summed E-state index contributed by atoms with van der Waals surface area (Å²) in [6.07, 6.45) is 0.336. The van der Waals surface area contributed by atoms with E-state index < -0.39 is 0 Å². The van der Waals surface area contributed by atoms with Crippen LogP contribution in [0.1, 0.15) is 13.3 Å². The predicted octanol–water partition coefficient (Wildman–Crippen LogP) is 1.41. The second-order valence-corrected chi connectivity index (χ2v) is 3.72. The number of carbonyl (C=O) groups excluding carboxylic acids is 1. The molecule has 5 nitrogen and oxygen atoms in total. The Morgan fingerprint density at radius 1 is 1.28 bits per heavy atom. The Morgan fingerprint density at radius 3 is 2.44 bits per heavy atom. The molecule has 18 heavy (non-hydrogen) atoms. The Labute approximate surface area is 107 Å². The van der Waals surface area contributed by atoms with E-state index >= 15 is 0 Å². The topological polar surface area (TPSA) is 64.8 Å². The van der Waals surface area contributed by atoms with Crippen molar-refractivity contribution in [1.29, 1.82) is 0 Å². The number of hydrogen-bond donors (Lipinski definition) is 1. The zero-order chi connectivity index (χ0) is 13.5. The van der Waals surface area contributed by atoms with Crippen molar-refractivity contribution < 1.29 is 14.3 Å². The molecule has 0 saturated carbocycles. The maximum atomic E-state index is 11.9. The van der Waals surface area contributed by atoms with Crippen molar-refractivity contribution in [2.24, 2.45) is 5.73 Å². The first-order chi connectivity index (χ1) is 8.67. The monoisotopic (exact) mass is 252 g/mol. The quantitative estimate of drug-likeness (QED) is 0.831. The fourth-order valence-electron chi connectivity index (χ4n) is 1.75. The normalized spacial score (nSPS) is 10.0. The number of benzene rings is 1. The summed E-state index contributed by atoms with van der Waals surface area (Å²) in [6, 6.07) is 5.41. The summed E-state index contributed by atoms with van der Waals surface area (Å²) in [6.45, 7) is 2.86. The molecule has 5 heteroatoms. The van der Waals surface area contributed by atoms with Gasteiger partial charge in [-0.15, -0.1) is 0 Å². The number of nitrogens with two attached hydrogens (primary N) is 1. The van der Waals surface area contributed by atoms with Crippen LogP contribution in [0.3, 0.4) is 0 Å². The number of nitrogens with zero attached hydrogens (tertiary/aromatic N) is 1. The first kappa shape index (κ1) is 14.3. The van der Waals surface area contributed by atoms with Gasteiger partial charge in [-0.05, 0) is 19.1 Å². The molecule has 0 spiro atoms. The Hall–Kier alpha value is -1.75. The average Bonchev–Trinajstić information content (AvgIpc) is 2.39. The molecule has 1 amide bonds. The second kappa shape index (κ2) is 6.86. The van der Waals surface area contributed by atoms with Crippen molar-refractivity contribution >= 4 is 11.6 Å². The molecule has 0 aliphatic rings. The van der Waals surface area contributed by atoms with Gasteiger partial charge in [0.2, 0.25) is 5.91 Å². The third kappa shape index (κ3) is 3.13. The Balaban J connectivity index is 3.03. The van der Waals surface area contributed by atoms with E-state index in [0.29, 0.717) is 31.0 Å². The van der Waals surface area contributed by atoms with Crippen LogP contribution in [-0.4, -0.2) is 33.2 Å². The first-order valence-corrected chi connectivity index (χ1v) is 5.90. The highest BCUT2D eigenvalue weighted by Gasteiger charge is 2.15. The van der Waals surface area contributed by atoms with Gasteiger partial charge in [0, 0.05) is 31.3 Å². The molecule has 1 aromatic carbocycles. The summed E-state index contributed by atoms with van der Waals surface area (Å²) in [5.41, 5.74) is 6.20. The van der Waals surface area contributed by atoms with Gasteiger partial charge in [-0.25, -0.2) is 0 Å². The Kier molecular flexibility index (Phi) is 5.45. The minimum absolute atomic E-state index is 0.00669. The highest BCUT2D eigenvalue weighted by molar-refractivity contribution is 5.93. The highest BCUT2D eigenvalue weighted by atomic mass is 16.5. The number of rotatable bonds is 6. The standard InChI is InChI=1S/C13H20N2O3/c1-4-15(13(16)7-8-14)10-5-6-11(17-2)12(9-10)18-3/h5-6,9H,4,7-8,14H2,1-3H3. The van der Waals surface area contributed by atoms with Crippen LogP contribution in [0.15, 0.2) is 18.2 Å². The molecule has 0 bridgehead atoms. The molecule has 0 fully saturated rings. The van der Waals surface area contributed by atoms with Gasteiger partial charge in [0.25, 0.3) is 0 Å². The Morgan fingerprint density at radius 2 is 1.94 bits per heavy atom. The maximum Gasteiger partial charge on any atom is 0.228 e. The van der Waals surface area contributed by atoms with E-state index in [9.17, 15) is 4.79 Å². The van der Waals surface area contributed by atoms with Crippen LogP contribution in [0.2, 0.25) is 0 Å². The third-order valence-electron chi connectivity index (χ3n) is 2.65. The van der Waals surface area contributed by atoms with E-state index in [2.05, 4.69) is 0 Å². The van der Waals surface area contributed by atoms with Gasteiger partial charge in [-0.1, -0.05) is 0 Å². The van der Waals surface area contributed by atoms with Crippen LogP contribution < -0.4 is 20.1 Å². The van der Waals surface area contributed by atoms with Gasteiger partial charge in [0.05, 0.1) is 14.2 Å². The summed E-state index contributed by atoms with van der Waals surface area (Å²) in [4.78, 5) is 13.6. The van der Waals surface area contributed by atoms with Crippen LogP contribution in [-0.2, 0) is 4.79 Å². The molecule has 0 saturated heterocycles. The largest absolute Gasteiger partial charge is 0.493 e. The lowest BCUT2D eigenvalue weighted by atomic mass is 10.2.